The number of carbonyl (C=O) groups excluding carboxylic acids is 3. The van der Waals surface area contributed by atoms with E-state index in [1.54, 1.807) is 44.2 Å². The molecule has 27 heavy (non-hydrogen) atoms. The number of rotatable bonds is 4. The fourth-order valence-corrected chi connectivity index (χ4v) is 3.91. The second-order valence-corrected chi connectivity index (χ2v) is 6.62. The molecule has 0 bridgehead atoms. The first-order valence-electron chi connectivity index (χ1n) is 8.82. The molecule has 140 valence electrons. The lowest BCUT2D eigenvalue weighted by Gasteiger charge is -2.47. The van der Waals surface area contributed by atoms with Gasteiger partial charge in [-0.15, -0.1) is 0 Å². The van der Waals surface area contributed by atoms with Crippen LogP contribution in [-0.2, 0) is 20.9 Å². The van der Waals surface area contributed by atoms with Crippen LogP contribution in [0.25, 0.3) is 0 Å². The number of hydrogen-bond acceptors (Lipinski definition) is 6. The lowest BCUT2D eigenvalue weighted by Crippen LogP contribution is -2.68. The third-order valence-electron chi connectivity index (χ3n) is 5.04. The Labute approximate surface area is 155 Å². The summed E-state index contributed by atoms with van der Waals surface area (Å²) in [7, 11) is 0. The summed E-state index contributed by atoms with van der Waals surface area (Å²) in [6.45, 7) is 3.70. The fourth-order valence-electron chi connectivity index (χ4n) is 3.91. The third kappa shape index (κ3) is 2.43. The standard InChI is InChI=1S/C19H19N3O5/c1-3-21-17(24)14-6-4-5-7-15(14)22-16(23)8-9-19(21,22)18(25)26-11-13-10-12(2)20-27-13/h4-7,10H,3,8-9,11H2,1-2H3/t19-/m0/s1. The predicted octanol–water partition coefficient (Wildman–Crippen LogP) is 2.03. The zero-order chi connectivity index (χ0) is 19.2. The molecule has 1 saturated heterocycles. The molecular weight excluding hydrogens is 350 g/mol. The highest BCUT2D eigenvalue weighted by atomic mass is 16.6. The Hall–Kier alpha value is -3.16. The molecule has 1 atom stereocenters. The van der Waals surface area contributed by atoms with E-state index in [1.807, 2.05) is 0 Å². The van der Waals surface area contributed by atoms with Crippen LogP contribution in [0.4, 0.5) is 5.69 Å². The Morgan fingerprint density at radius 1 is 1.33 bits per heavy atom. The minimum Gasteiger partial charge on any atom is -0.454 e. The summed E-state index contributed by atoms with van der Waals surface area (Å²) < 4.78 is 10.5. The number of esters is 1. The first-order valence-corrected chi connectivity index (χ1v) is 8.82. The van der Waals surface area contributed by atoms with E-state index >= 15 is 0 Å². The van der Waals surface area contributed by atoms with E-state index in [4.69, 9.17) is 9.26 Å². The average molecular weight is 369 g/mol. The highest BCUT2D eigenvalue weighted by Crippen LogP contribution is 2.45. The maximum absolute atomic E-state index is 13.2. The smallest absolute Gasteiger partial charge is 0.354 e. The molecule has 2 aromatic rings. The van der Waals surface area contributed by atoms with Crippen LogP contribution >= 0.6 is 0 Å². The van der Waals surface area contributed by atoms with Crippen LogP contribution in [-0.4, -0.2) is 40.0 Å². The normalized spacial score (nSPS) is 21.3. The van der Waals surface area contributed by atoms with Gasteiger partial charge in [-0.25, -0.2) is 4.79 Å². The summed E-state index contributed by atoms with van der Waals surface area (Å²) in [5, 5.41) is 3.76. The minimum absolute atomic E-state index is 0.114. The van der Waals surface area contributed by atoms with E-state index in [0.717, 1.165) is 0 Å². The summed E-state index contributed by atoms with van der Waals surface area (Å²) in [5.74, 6) is -0.738. The number of benzene rings is 1. The molecule has 0 radical (unpaired) electrons. The van der Waals surface area contributed by atoms with E-state index < -0.39 is 11.6 Å². The van der Waals surface area contributed by atoms with Crippen molar-refractivity contribution in [2.75, 3.05) is 11.4 Å². The van der Waals surface area contributed by atoms with Gasteiger partial charge in [0.05, 0.1) is 16.9 Å². The van der Waals surface area contributed by atoms with Gasteiger partial charge in [0.25, 0.3) is 5.91 Å². The number of hydrogen-bond donors (Lipinski definition) is 0. The van der Waals surface area contributed by atoms with Gasteiger partial charge < -0.3 is 14.2 Å². The molecule has 1 aromatic heterocycles. The summed E-state index contributed by atoms with van der Waals surface area (Å²) in [6.07, 6.45) is 0.350. The molecule has 1 aromatic carbocycles. The van der Waals surface area contributed by atoms with Gasteiger partial charge in [-0.1, -0.05) is 17.3 Å². The Morgan fingerprint density at radius 2 is 2.11 bits per heavy atom. The van der Waals surface area contributed by atoms with Gasteiger partial charge in [0.2, 0.25) is 11.6 Å². The molecule has 2 aliphatic heterocycles. The minimum atomic E-state index is -1.47. The molecule has 0 unspecified atom stereocenters. The van der Waals surface area contributed by atoms with Crippen molar-refractivity contribution in [3.8, 4) is 0 Å². The van der Waals surface area contributed by atoms with E-state index in [0.29, 0.717) is 22.7 Å². The van der Waals surface area contributed by atoms with E-state index in [1.165, 1.54) is 9.80 Å². The van der Waals surface area contributed by atoms with Crippen molar-refractivity contribution in [1.82, 2.24) is 10.1 Å². The quantitative estimate of drug-likeness (QED) is 0.766. The molecule has 0 saturated carbocycles. The van der Waals surface area contributed by atoms with Gasteiger partial charge in [0, 0.05) is 25.5 Å². The first-order chi connectivity index (χ1) is 13.0. The number of carbonyl (C=O) groups is 3. The van der Waals surface area contributed by atoms with Crippen LogP contribution in [0.5, 0.6) is 0 Å². The van der Waals surface area contributed by atoms with Gasteiger partial charge >= 0.3 is 5.97 Å². The third-order valence-corrected chi connectivity index (χ3v) is 5.04. The van der Waals surface area contributed by atoms with Crippen LogP contribution in [0.1, 0.15) is 41.6 Å². The van der Waals surface area contributed by atoms with Gasteiger partial charge in [-0.05, 0) is 26.0 Å². The zero-order valence-corrected chi connectivity index (χ0v) is 15.1. The van der Waals surface area contributed by atoms with Gasteiger partial charge in [0.15, 0.2) is 12.4 Å². The number of anilines is 1. The van der Waals surface area contributed by atoms with Crippen LogP contribution < -0.4 is 4.90 Å². The summed E-state index contributed by atoms with van der Waals surface area (Å²) in [5.41, 5.74) is 0.0617. The van der Waals surface area contributed by atoms with Crippen molar-refractivity contribution in [2.45, 2.75) is 39.0 Å². The predicted molar refractivity (Wildman–Crippen MR) is 93.6 cm³/mol. The van der Waals surface area contributed by atoms with Crippen molar-refractivity contribution in [3.05, 3.63) is 47.3 Å². The number of nitrogens with zero attached hydrogens (tertiary/aromatic N) is 3. The highest BCUT2D eigenvalue weighted by Gasteiger charge is 2.61. The molecule has 3 heterocycles. The summed E-state index contributed by atoms with van der Waals surface area (Å²) in [4.78, 5) is 41.7. The lowest BCUT2D eigenvalue weighted by molar-refractivity contribution is -0.159. The summed E-state index contributed by atoms with van der Waals surface area (Å²) in [6, 6.07) is 8.50. The van der Waals surface area contributed by atoms with E-state index in [-0.39, 0.29) is 37.8 Å². The summed E-state index contributed by atoms with van der Waals surface area (Å²) >= 11 is 0. The molecular formula is C19H19N3O5. The molecule has 2 aliphatic rings. The van der Waals surface area contributed by atoms with Crippen molar-refractivity contribution in [3.63, 3.8) is 0 Å². The highest BCUT2D eigenvalue weighted by molar-refractivity contribution is 6.15. The number of fused-ring (bicyclic) bond motifs is 3. The van der Waals surface area contributed by atoms with E-state index in [2.05, 4.69) is 5.16 Å². The van der Waals surface area contributed by atoms with Crippen molar-refractivity contribution in [1.29, 1.82) is 0 Å². The van der Waals surface area contributed by atoms with E-state index in [9.17, 15) is 14.4 Å². The maximum Gasteiger partial charge on any atom is 0.354 e. The monoisotopic (exact) mass is 369 g/mol. The van der Waals surface area contributed by atoms with Crippen molar-refractivity contribution in [2.24, 2.45) is 0 Å². The van der Waals surface area contributed by atoms with Crippen LogP contribution in [0, 0.1) is 6.92 Å². The van der Waals surface area contributed by atoms with Crippen molar-refractivity contribution >= 4 is 23.5 Å². The van der Waals surface area contributed by atoms with Crippen LogP contribution in [0.2, 0.25) is 0 Å². The molecule has 4 rings (SSSR count). The molecule has 0 aliphatic carbocycles. The first kappa shape index (κ1) is 17.3. The second-order valence-electron chi connectivity index (χ2n) is 6.62. The number of aromatic nitrogens is 1. The Bertz CT molecular complexity index is 937. The number of ether oxygens (including phenoxy) is 1. The Kier molecular flexibility index (Phi) is 3.98. The molecule has 8 nitrogen and oxygen atoms in total. The number of para-hydroxylation sites is 1. The molecule has 2 amide bonds. The topological polar surface area (TPSA) is 93.0 Å². The second kappa shape index (κ2) is 6.22. The average Bonchev–Trinajstić information content (AvgIpc) is 3.24. The Balaban J connectivity index is 1.74. The van der Waals surface area contributed by atoms with Gasteiger partial charge in [-0.2, -0.15) is 0 Å². The van der Waals surface area contributed by atoms with Crippen molar-refractivity contribution < 1.29 is 23.6 Å². The van der Waals surface area contributed by atoms with Gasteiger partial charge in [-0.3, -0.25) is 14.5 Å². The molecule has 0 spiro atoms. The SMILES string of the molecule is CCN1C(=O)c2ccccc2N2C(=O)CC[C@]12C(=O)OCc1cc(C)no1. The lowest BCUT2D eigenvalue weighted by atomic mass is 9.96. The maximum atomic E-state index is 13.2. The number of amides is 2. The molecule has 1 fully saturated rings. The zero-order valence-electron chi connectivity index (χ0n) is 15.1. The number of aryl methyl sites for hydroxylation is 1. The molecule has 0 N–H and O–H groups in total. The fraction of sp³-hybridized carbons (Fsp3) is 0.368. The largest absolute Gasteiger partial charge is 0.454 e. The molecule has 8 heteroatoms. The Morgan fingerprint density at radius 3 is 2.81 bits per heavy atom. The number of likely N-dealkylation sites (N-methyl/N-ethyl adjacent to an activating group) is 1. The van der Waals surface area contributed by atoms with Gasteiger partial charge in [0.1, 0.15) is 0 Å². The van der Waals surface area contributed by atoms with Crippen LogP contribution in [0.15, 0.2) is 34.9 Å². The van der Waals surface area contributed by atoms with Crippen LogP contribution in [0.3, 0.4) is 0 Å².